The Balaban J connectivity index is 1.05. The van der Waals surface area contributed by atoms with Gasteiger partial charge in [-0.1, -0.05) is 30.3 Å². The van der Waals surface area contributed by atoms with Crippen molar-refractivity contribution in [2.75, 3.05) is 31.6 Å². The molecule has 1 saturated heterocycles. The number of aryl methyl sites for hydroxylation is 1. The van der Waals surface area contributed by atoms with Crippen LogP contribution in [0.2, 0.25) is 0 Å². The summed E-state index contributed by atoms with van der Waals surface area (Å²) in [4.78, 5) is 34.8. The van der Waals surface area contributed by atoms with Crippen molar-refractivity contribution in [2.45, 2.75) is 62.8 Å². The quantitative estimate of drug-likeness (QED) is 0.448. The van der Waals surface area contributed by atoms with Crippen LogP contribution in [0.4, 0.5) is 5.69 Å². The fourth-order valence-corrected chi connectivity index (χ4v) is 6.43. The summed E-state index contributed by atoms with van der Waals surface area (Å²) in [5, 5.41) is 3.20. The summed E-state index contributed by atoms with van der Waals surface area (Å²) in [5.41, 5.74) is 6.98. The van der Waals surface area contributed by atoms with Crippen LogP contribution in [0.5, 0.6) is 0 Å². The van der Waals surface area contributed by atoms with E-state index in [-0.39, 0.29) is 23.8 Å². The van der Waals surface area contributed by atoms with Gasteiger partial charge in [-0.3, -0.25) is 14.6 Å². The first-order valence-electron chi connectivity index (χ1n) is 14.5. The number of anilines is 1. The Morgan fingerprint density at radius 3 is 2.49 bits per heavy atom. The highest BCUT2D eigenvalue weighted by Crippen LogP contribution is 2.41. The van der Waals surface area contributed by atoms with Crippen molar-refractivity contribution >= 4 is 17.5 Å². The molecule has 2 amide bonds. The zero-order valence-electron chi connectivity index (χ0n) is 22.8. The van der Waals surface area contributed by atoms with E-state index in [4.69, 9.17) is 0 Å². The molecule has 6 nitrogen and oxygen atoms in total. The summed E-state index contributed by atoms with van der Waals surface area (Å²) in [5.74, 6) is 1.07. The van der Waals surface area contributed by atoms with Gasteiger partial charge >= 0.3 is 0 Å². The maximum absolute atomic E-state index is 13.5. The van der Waals surface area contributed by atoms with Crippen LogP contribution in [0.3, 0.4) is 0 Å². The molecule has 0 radical (unpaired) electrons. The Kier molecular flexibility index (Phi) is 7.36. The fraction of sp³-hybridized carbons (Fsp3) is 0.424. The van der Waals surface area contributed by atoms with Crippen molar-refractivity contribution in [3.8, 4) is 0 Å². The number of carbonyl (C=O) groups is 2. The molecule has 1 N–H and O–H groups in total. The van der Waals surface area contributed by atoms with Crippen LogP contribution in [0.25, 0.3) is 0 Å². The largest absolute Gasteiger partial charge is 0.371 e. The van der Waals surface area contributed by atoms with E-state index in [0.717, 1.165) is 49.9 Å². The molecule has 39 heavy (non-hydrogen) atoms. The predicted molar refractivity (Wildman–Crippen MR) is 154 cm³/mol. The van der Waals surface area contributed by atoms with Crippen LogP contribution >= 0.6 is 0 Å². The van der Waals surface area contributed by atoms with Gasteiger partial charge in [0, 0.05) is 62.3 Å². The molecular weight excluding hydrogens is 484 g/mol. The Labute approximate surface area is 231 Å². The van der Waals surface area contributed by atoms with Crippen LogP contribution in [0.1, 0.15) is 76.6 Å². The van der Waals surface area contributed by atoms with Crippen LogP contribution in [-0.2, 0) is 17.6 Å². The highest BCUT2D eigenvalue weighted by molar-refractivity contribution is 5.94. The second kappa shape index (κ2) is 11.2. The van der Waals surface area contributed by atoms with Gasteiger partial charge in [-0.15, -0.1) is 0 Å². The van der Waals surface area contributed by atoms with Gasteiger partial charge in [0.15, 0.2) is 0 Å². The van der Waals surface area contributed by atoms with Crippen molar-refractivity contribution in [3.63, 3.8) is 0 Å². The smallest absolute Gasteiger partial charge is 0.253 e. The third-order valence-corrected chi connectivity index (χ3v) is 8.92. The van der Waals surface area contributed by atoms with Crippen LogP contribution in [0.15, 0.2) is 67.0 Å². The number of rotatable bonds is 8. The lowest BCUT2D eigenvalue weighted by atomic mass is 9.97. The number of amides is 2. The van der Waals surface area contributed by atoms with Crippen molar-refractivity contribution < 1.29 is 9.59 Å². The van der Waals surface area contributed by atoms with Gasteiger partial charge < -0.3 is 15.1 Å². The van der Waals surface area contributed by atoms with E-state index in [1.54, 1.807) is 0 Å². The topological polar surface area (TPSA) is 65.5 Å². The molecule has 2 heterocycles. The Morgan fingerprint density at radius 2 is 1.72 bits per heavy atom. The van der Waals surface area contributed by atoms with Crippen molar-refractivity contribution in [1.82, 2.24) is 15.2 Å². The van der Waals surface area contributed by atoms with Crippen molar-refractivity contribution in [2.24, 2.45) is 0 Å². The van der Waals surface area contributed by atoms with Gasteiger partial charge in [-0.05, 0) is 91.0 Å². The maximum Gasteiger partial charge on any atom is 0.253 e. The summed E-state index contributed by atoms with van der Waals surface area (Å²) in [7, 11) is 1.94. The molecule has 2 aromatic carbocycles. The summed E-state index contributed by atoms with van der Waals surface area (Å²) >= 11 is 0. The van der Waals surface area contributed by atoms with Gasteiger partial charge in [-0.25, -0.2) is 0 Å². The molecule has 3 aliphatic rings. The summed E-state index contributed by atoms with van der Waals surface area (Å²) in [6.45, 7) is 2.49. The molecule has 3 aromatic rings. The van der Waals surface area contributed by atoms with Crippen LogP contribution in [-0.4, -0.2) is 54.4 Å². The SMILES string of the molecule is CN(C(=O)c1ccc2c(c1)[C@H](CNC(=O)Cc1ccccc1C1CC1)CC2)C1CCN(c2ccncc2)CC1. The van der Waals surface area contributed by atoms with Gasteiger partial charge in [-0.2, -0.15) is 0 Å². The van der Waals surface area contributed by atoms with Crippen molar-refractivity contribution in [1.29, 1.82) is 0 Å². The number of nitrogens with zero attached hydrogens (tertiary/aromatic N) is 3. The van der Waals surface area contributed by atoms with E-state index in [0.29, 0.717) is 18.9 Å². The second-order valence-corrected chi connectivity index (χ2v) is 11.4. The first-order valence-corrected chi connectivity index (χ1v) is 14.5. The third kappa shape index (κ3) is 5.70. The van der Waals surface area contributed by atoms with Crippen LogP contribution < -0.4 is 10.2 Å². The van der Waals surface area contributed by atoms with Gasteiger partial charge in [0.2, 0.25) is 5.91 Å². The number of nitrogens with one attached hydrogen (secondary N) is 1. The normalized spacial score (nSPS) is 19.0. The number of hydrogen-bond acceptors (Lipinski definition) is 4. The molecule has 1 aliphatic heterocycles. The average molecular weight is 523 g/mol. The minimum absolute atomic E-state index is 0.0848. The molecule has 0 spiro atoms. The molecule has 6 rings (SSSR count). The molecule has 1 saturated carbocycles. The first-order chi connectivity index (χ1) is 19.1. The minimum Gasteiger partial charge on any atom is -0.371 e. The lowest BCUT2D eigenvalue weighted by Crippen LogP contribution is -2.45. The molecule has 6 heteroatoms. The van der Waals surface area contributed by atoms with E-state index in [9.17, 15) is 9.59 Å². The summed E-state index contributed by atoms with van der Waals surface area (Å²) < 4.78 is 0. The Morgan fingerprint density at radius 1 is 0.949 bits per heavy atom. The molecule has 2 aliphatic carbocycles. The zero-order valence-corrected chi connectivity index (χ0v) is 22.8. The highest BCUT2D eigenvalue weighted by Gasteiger charge is 2.29. The molecule has 1 atom stereocenters. The maximum atomic E-state index is 13.5. The predicted octanol–water partition coefficient (Wildman–Crippen LogP) is 5.09. The number of hydrogen-bond donors (Lipinski definition) is 1. The standard InChI is InChI=1S/C33H38N4O2/c1-36(28-14-18-37(19-15-28)29-12-16-34-17-13-29)33(39)26-10-8-24-9-11-27(31(24)20-26)22-35-32(38)21-25-4-2-3-5-30(25)23-6-7-23/h2-5,8,10,12-13,16-17,20,23,27-28H,6-7,9,11,14-15,18-19,21-22H2,1H3,(H,35,38)/t27-/m0/s1. The first kappa shape index (κ1) is 25.6. The molecule has 0 unspecified atom stereocenters. The molecule has 1 aromatic heterocycles. The number of fused-ring (bicyclic) bond motifs is 1. The summed E-state index contributed by atoms with van der Waals surface area (Å²) in [6, 6.07) is 18.9. The number of benzene rings is 2. The molecular formula is C33H38N4O2. The minimum atomic E-state index is 0.0848. The number of aromatic nitrogens is 1. The average Bonchev–Trinajstić information content (AvgIpc) is 3.75. The van der Waals surface area contributed by atoms with Gasteiger partial charge in [0.05, 0.1) is 6.42 Å². The van der Waals surface area contributed by atoms with E-state index < -0.39 is 0 Å². The van der Waals surface area contributed by atoms with E-state index in [1.165, 1.54) is 35.2 Å². The molecule has 2 fully saturated rings. The lowest BCUT2D eigenvalue weighted by molar-refractivity contribution is -0.120. The Hall–Kier alpha value is -3.67. The van der Waals surface area contributed by atoms with Gasteiger partial charge in [0.1, 0.15) is 0 Å². The monoisotopic (exact) mass is 522 g/mol. The fourth-order valence-electron chi connectivity index (χ4n) is 6.43. The zero-order chi connectivity index (χ0) is 26.8. The third-order valence-electron chi connectivity index (χ3n) is 8.92. The van der Waals surface area contributed by atoms with E-state index >= 15 is 0 Å². The van der Waals surface area contributed by atoms with Crippen LogP contribution in [0, 0.1) is 0 Å². The highest BCUT2D eigenvalue weighted by atomic mass is 16.2. The van der Waals surface area contributed by atoms with Gasteiger partial charge in [0.25, 0.3) is 5.91 Å². The Bertz CT molecular complexity index is 1330. The second-order valence-electron chi connectivity index (χ2n) is 11.4. The summed E-state index contributed by atoms with van der Waals surface area (Å²) in [6.07, 6.45) is 10.5. The van der Waals surface area contributed by atoms with E-state index in [2.05, 4.69) is 45.5 Å². The van der Waals surface area contributed by atoms with Crippen molar-refractivity contribution in [3.05, 3.63) is 94.8 Å². The van der Waals surface area contributed by atoms with E-state index in [1.807, 2.05) is 48.6 Å². The number of pyridine rings is 1. The number of carbonyl (C=O) groups excluding carboxylic acids is 2. The molecule has 202 valence electrons. The molecule has 0 bridgehead atoms. The number of piperidine rings is 1. The lowest BCUT2D eigenvalue weighted by Gasteiger charge is -2.38.